The van der Waals surface area contributed by atoms with E-state index >= 15 is 0 Å². The van der Waals surface area contributed by atoms with Crippen LogP contribution in [0, 0.1) is 0 Å². The second-order valence-electron chi connectivity index (χ2n) is 11.7. The molecule has 0 radical (unpaired) electrons. The lowest BCUT2D eigenvalue weighted by molar-refractivity contribution is -0.925. The van der Waals surface area contributed by atoms with Gasteiger partial charge in [0.2, 0.25) is 0 Å². The van der Waals surface area contributed by atoms with E-state index in [0.717, 1.165) is 82.0 Å². The van der Waals surface area contributed by atoms with E-state index in [1.807, 2.05) is 36.4 Å². The molecule has 0 bridgehead atoms. The van der Waals surface area contributed by atoms with Crippen LogP contribution in [0.2, 0.25) is 0 Å². The fourth-order valence-electron chi connectivity index (χ4n) is 6.26. The van der Waals surface area contributed by atoms with Gasteiger partial charge in [-0.1, -0.05) is 26.7 Å². The molecule has 2 aromatic rings. The molecule has 0 atom stereocenters. The highest BCUT2D eigenvalue weighted by Crippen LogP contribution is 2.40. The Labute approximate surface area is 290 Å². The number of nitrogens with zero attached hydrogens (tertiary/aromatic N) is 2. The summed E-state index contributed by atoms with van der Waals surface area (Å²) in [6.07, 6.45) is 7.62. The number of hydrogen-bond donors (Lipinski definition) is 0. The number of hydrogen-bond acceptors (Lipinski definition) is 3. The molecule has 5 nitrogen and oxygen atoms in total. The van der Waals surface area contributed by atoms with Crippen LogP contribution >= 0.6 is 0 Å². The quantitative estimate of drug-likeness (QED) is 0.0994. The van der Waals surface area contributed by atoms with Crippen molar-refractivity contribution in [3.8, 4) is 22.6 Å². The number of benzene rings is 2. The van der Waals surface area contributed by atoms with Gasteiger partial charge in [-0.15, -0.1) is 0 Å². The molecule has 0 fully saturated rings. The molecule has 7 heteroatoms. The molecule has 0 unspecified atom stereocenters. The summed E-state index contributed by atoms with van der Waals surface area (Å²) in [5, 5.41) is 0. The summed E-state index contributed by atoms with van der Waals surface area (Å²) in [6, 6.07) is 12.0. The fourth-order valence-corrected chi connectivity index (χ4v) is 6.26. The van der Waals surface area contributed by atoms with E-state index in [4.69, 9.17) is 9.47 Å². The summed E-state index contributed by atoms with van der Waals surface area (Å²) >= 11 is 0. The first-order valence-electron chi connectivity index (χ1n) is 16.2. The summed E-state index contributed by atoms with van der Waals surface area (Å²) in [5.74, 6) is 1.64. The Kier molecular flexibility index (Phi) is 18.1. The topological polar surface area (TPSA) is 35.5 Å². The van der Waals surface area contributed by atoms with Gasteiger partial charge in [-0.2, -0.15) is 0 Å². The molecule has 0 saturated heterocycles. The van der Waals surface area contributed by atoms with Crippen LogP contribution in [0.3, 0.4) is 0 Å². The number of rotatable bonds is 20. The highest BCUT2D eigenvalue weighted by atomic mass is 127. The van der Waals surface area contributed by atoms with Gasteiger partial charge in [-0.05, 0) is 101 Å². The summed E-state index contributed by atoms with van der Waals surface area (Å²) in [6.45, 7) is 23.9. The first-order valence-corrected chi connectivity index (χ1v) is 16.2. The molecule has 0 aliphatic heterocycles. The highest BCUT2D eigenvalue weighted by Gasteiger charge is 2.29. The minimum absolute atomic E-state index is 0. The molecule has 0 spiro atoms. The van der Waals surface area contributed by atoms with Crippen molar-refractivity contribution in [3.63, 3.8) is 0 Å². The maximum Gasteiger partial charge on any atom is 0.194 e. The minimum Gasteiger partial charge on any atom is -1.00 e. The van der Waals surface area contributed by atoms with Crippen molar-refractivity contribution in [3.05, 3.63) is 47.5 Å². The van der Waals surface area contributed by atoms with E-state index in [9.17, 15) is 4.79 Å². The number of quaternary nitrogens is 2. The Morgan fingerprint density at radius 2 is 0.905 bits per heavy atom. The van der Waals surface area contributed by atoms with E-state index in [1.54, 1.807) is 0 Å². The van der Waals surface area contributed by atoms with Crippen LogP contribution in [0.1, 0.15) is 96.0 Å². The number of halogens is 2. The molecule has 0 aromatic heterocycles. The van der Waals surface area contributed by atoms with Gasteiger partial charge >= 0.3 is 0 Å². The van der Waals surface area contributed by atoms with E-state index in [0.29, 0.717) is 13.2 Å². The van der Waals surface area contributed by atoms with Gasteiger partial charge in [-0.3, -0.25) is 4.79 Å². The van der Waals surface area contributed by atoms with Gasteiger partial charge in [0.05, 0.1) is 39.3 Å². The second-order valence-corrected chi connectivity index (χ2v) is 11.7. The Morgan fingerprint density at radius 3 is 1.24 bits per heavy atom. The zero-order valence-corrected chi connectivity index (χ0v) is 31.5. The Hall–Kier alpha value is -0.910. The average Bonchev–Trinajstić information content (AvgIpc) is 3.26. The molecular weight excluding hydrogens is 750 g/mol. The molecule has 0 amide bonds. The van der Waals surface area contributed by atoms with Crippen molar-refractivity contribution in [2.45, 2.75) is 80.1 Å². The van der Waals surface area contributed by atoms with Crippen molar-refractivity contribution in [2.75, 3.05) is 65.6 Å². The number of ketones is 1. The maximum atomic E-state index is 13.4. The summed E-state index contributed by atoms with van der Waals surface area (Å²) in [7, 11) is 0. The lowest BCUT2D eigenvalue weighted by Crippen LogP contribution is -3.00. The molecule has 2 aromatic carbocycles. The van der Waals surface area contributed by atoms with Crippen LogP contribution in [0.25, 0.3) is 11.1 Å². The van der Waals surface area contributed by atoms with Crippen LogP contribution in [-0.2, 0) is 0 Å². The van der Waals surface area contributed by atoms with Crippen molar-refractivity contribution >= 4 is 5.78 Å². The first kappa shape index (κ1) is 39.1. The third-order valence-corrected chi connectivity index (χ3v) is 9.59. The molecule has 42 heavy (non-hydrogen) atoms. The number of unbranched alkanes of at least 4 members (excludes halogenated alkanes) is 4. The average molecular weight is 807 g/mol. The summed E-state index contributed by atoms with van der Waals surface area (Å²) in [4.78, 5) is 13.4. The second kappa shape index (κ2) is 19.5. The maximum absolute atomic E-state index is 13.4. The molecule has 1 aliphatic carbocycles. The molecule has 0 N–H and O–H groups in total. The van der Waals surface area contributed by atoms with Gasteiger partial charge < -0.3 is 66.4 Å². The van der Waals surface area contributed by atoms with Crippen LogP contribution in [0.4, 0.5) is 0 Å². The first-order chi connectivity index (χ1) is 19.4. The zero-order chi connectivity index (χ0) is 29.0. The molecule has 1 aliphatic rings. The lowest BCUT2D eigenvalue weighted by Gasteiger charge is -2.37. The molecular formula is C35H56I2N2O3. The van der Waals surface area contributed by atoms with Gasteiger partial charge in [0.15, 0.2) is 5.78 Å². The zero-order valence-electron chi connectivity index (χ0n) is 27.2. The third-order valence-electron chi connectivity index (χ3n) is 9.59. The van der Waals surface area contributed by atoms with Crippen LogP contribution < -0.4 is 57.4 Å². The molecule has 238 valence electrons. The minimum atomic E-state index is 0. The lowest BCUT2D eigenvalue weighted by atomic mass is 10.1. The Balaban J connectivity index is 0.00000441. The Bertz CT molecular complexity index is 1000. The summed E-state index contributed by atoms with van der Waals surface area (Å²) < 4.78 is 14.6. The highest BCUT2D eigenvalue weighted by molar-refractivity contribution is 6.22. The van der Waals surface area contributed by atoms with E-state index in [2.05, 4.69) is 41.5 Å². The standard InChI is InChI=1S/C35H56N2O3.2HI/c1-7-13-15-21-36(9-3,10-4)23-25-39-29-17-19-31-32-20-18-30(28-34(32)35(38)33(31)27-29)40-26-24-37(11-5,12-6)22-16-14-8-2;;/h17-20,27-28H,7-16,21-26H2,1-6H3;2*1H/q+2;;/p-2. The number of carbonyl (C=O) groups excluding carboxylic acids is 1. The monoisotopic (exact) mass is 806 g/mol. The normalized spacial score (nSPS) is 12.3. The molecule has 3 rings (SSSR count). The van der Waals surface area contributed by atoms with E-state index < -0.39 is 0 Å². The van der Waals surface area contributed by atoms with Crippen LogP contribution in [0.5, 0.6) is 11.5 Å². The van der Waals surface area contributed by atoms with E-state index in [-0.39, 0.29) is 53.7 Å². The predicted octanol–water partition coefficient (Wildman–Crippen LogP) is 1.76. The summed E-state index contributed by atoms with van der Waals surface area (Å²) in [5.41, 5.74) is 3.47. The van der Waals surface area contributed by atoms with Gasteiger partial charge in [0.1, 0.15) is 37.8 Å². The molecule has 0 saturated carbocycles. The number of carbonyl (C=O) groups is 1. The van der Waals surface area contributed by atoms with Crippen molar-refractivity contribution in [2.24, 2.45) is 0 Å². The number of likely N-dealkylation sites (N-methyl/N-ethyl adjacent to an activating group) is 2. The fraction of sp³-hybridized carbons (Fsp3) is 0.629. The largest absolute Gasteiger partial charge is 1.00 e. The predicted molar refractivity (Wildman–Crippen MR) is 168 cm³/mol. The van der Waals surface area contributed by atoms with Crippen LogP contribution in [0.15, 0.2) is 36.4 Å². The van der Waals surface area contributed by atoms with Gasteiger partial charge in [-0.25, -0.2) is 0 Å². The van der Waals surface area contributed by atoms with Crippen molar-refractivity contribution in [1.29, 1.82) is 0 Å². The number of fused-ring (bicyclic) bond motifs is 3. The number of ether oxygens (including phenoxy) is 2. The Morgan fingerprint density at radius 1 is 0.524 bits per heavy atom. The van der Waals surface area contributed by atoms with Gasteiger partial charge in [0, 0.05) is 11.1 Å². The SMILES string of the molecule is CCCCC[N+](CC)(CC)CCOc1ccc2c(c1)C(=O)c1cc(OCC[N+](CC)(CC)CCCCC)ccc1-2.[I-].[I-]. The van der Waals surface area contributed by atoms with Crippen molar-refractivity contribution < 1.29 is 71.2 Å². The van der Waals surface area contributed by atoms with Crippen molar-refractivity contribution in [1.82, 2.24) is 0 Å². The van der Waals surface area contributed by atoms with E-state index in [1.165, 1.54) is 51.6 Å². The third kappa shape index (κ3) is 10.1. The molecule has 0 heterocycles. The smallest absolute Gasteiger partial charge is 0.194 e. The van der Waals surface area contributed by atoms with Gasteiger partial charge in [0.25, 0.3) is 0 Å². The van der Waals surface area contributed by atoms with Crippen LogP contribution in [-0.4, -0.2) is 80.3 Å².